The van der Waals surface area contributed by atoms with Crippen molar-refractivity contribution in [2.24, 2.45) is 4.99 Å². The number of benzene rings is 1. The smallest absolute Gasteiger partial charge is 0.211 e. The predicted octanol–water partition coefficient (Wildman–Crippen LogP) is 2.66. The van der Waals surface area contributed by atoms with E-state index in [1.165, 1.54) is 18.2 Å². The molecule has 0 spiro atoms. The summed E-state index contributed by atoms with van der Waals surface area (Å²) in [5, 5.41) is 0. The van der Waals surface area contributed by atoms with Gasteiger partial charge in [0, 0.05) is 0 Å². The fourth-order valence-corrected chi connectivity index (χ4v) is 1.26. The van der Waals surface area contributed by atoms with Crippen LogP contribution in [0.3, 0.4) is 0 Å². The van der Waals surface area contributed by atoms with Crippen molar-refractivity contribution in [1.29, 1.82) is 0 Å². The maximum absolute atomic E-state index is 12.6. The van der Waals surface area contributed by atoms with Gasteiger partial charge in [0.05, 0.1) is 6.54 Å². The minimum Gasteiger partial charge on any atom is -0.211 e. The van der Waals surface area contributed by atoms with Gasteiger partial charge in [0.2, 0.25) is 6.08 Å². The molecule has 0 aliphatic heterocycles. The average molecular weight is 193 g/mol. The predicted molar refractivity (Wildman–Crippen MR) is 52.4 cm³/mol. The number of aliphatic imine (C=N–C) groups is 1. The first-order valence-electron chi connectivity index (χ1n) is 4.53. The van der Waals surface area contributed by atoms with Crippen molar-refractivity contribution in [3.63, 3.8) is 0 Å². The highest BCUT2D eigenvalue weighted by atomic mass is 19.1. The number of hydrogen-bond acceptors (Lipinski definition) is 2. The fourth-order valence-electron chi connectivity index (χ4n) is 1.26. The van der Waals surface area contributed by atoms with Crippen molar-refractivity contribution in [3.8, 4) is 0 Å². The summed E-state index contributed by atoms with van der Waals surface area (Å²) in [5.41, 5.74) is 1.06. The highest BCUT2D eigenvalue weighted by Crippen LogP contribution is 2.18. The zero-order chi connectivity index (χ0) is 10.4. The molecule has 2 nitrogen and oxygen atoms in total. The third-order valence-electron chi connectivity index (χ3n) is 2.18. The second kappa shape index (κ2) is 5.30. The standard InChI is InChI=1S/C11H12FNO/c1-9(6-7-13-8-14)10-2-4-11(12)5-3-10/h2-5,9H,6-7H2,1H3. The molecule has 0 bridgehead atoms. The summed E-state index contributed by atoms with van der Waals surface area (Å²) in [4.78, 5) is 13.3. The average Bonchev–Trinajstić information content (AvgIpc) is 2.19. The van der Waals surface area contributed by atoms with E-state index in [1.807, 2.05) is 6.92 Å². The Morgan fingerprint density at radius 3 is 2.64 bits per heavy atom. The lowest BCUT2D eigenvalue weighted by Crippen LogP contribution is -1.95. The number of hydrogen-bond donors (Lipinski definition) is 0. The molecule has 0 fully saturated rings. The SMILES string of the molecule is CC(CCN=C=O)c1ccc(F)cc1. The fraction of sp³-hybridized carbons (Fsp3) is 0.364. The van der Waals surface area contributed by atoms with Gasteiger partial charge in [-0.15, -0.1) is 0 Å². The summed E-state index contributed by atoms with van der Waals surface area (Å²) in [6.07, 6.45) is 2.28. The Bertz CT molecular complexity index is 328. The van der Waals surface area contributed by atoms with Crippen molar-refractivity contribution in [2.75, 3.05) is 6.54 Å². The first-order valence-corrected chi connectivity index (χ1v) is 4.53. The van der Waals surface area contributed by atoms with Crippen LogP contribution in [0, 0.1) is 5.82 Å². The van der Waals surface area contributed by atoms with E-state index in [-0.39, 0.29) is 11.7 Å². The molecule has 74 valence electrons. The first-order chi connectivity index (χ1) is 6.74. The topological polar surface area (TPSA) is 29.4 Å². The van der Waals surface area contributed by atoms with E-state index in [0.717, 1.165) is 12.0 Å². The van der Waals surface area contributed by atoms with E-state index in [1.54, 1.807) is 12.1 Å². The zero-order valence-corrected chi connectivity index (χ0v) is 8.03. The highest BCUT2D eigenvalue weighted by Gasteiger charge is 2.04. The molecule has 1 aromatic carbocycles. The first kappa shape index (κ1) is 10.6. The van der Waals surface area contributed by atoms with Crippen LogP contribution in [-0.2, 0) is 4.79 Å². The number of halogens is 1. The minimum atomic E-state index is -0.230. The van der Waals surface area contributed by atoms with Gasteiger partial charge in [-0.1, -0.05) is 19.1 Å². The van der Waals surface area contributed by atoms with Gasteiger partial charge in [0.15, 0.2) is 0 Å². The monoisotopic (exact) mass is 193 g/mol. The van der Waals surface area contributed by atoms with Crippen molar-refractivity contribution in [3.05, 3.63) is 35.6 Å². The van der Waals surface area contributed by atoms with Crippen LogP contribution in [0.25, 0.3) is 0 Å². The van der Waals surface area contributed by atoms with E-state index in [0.29, 0.717) is 6.54 Å². The van der Waals surface area contributed by atoms with E-state index in [2.05, 4.69) is 4.99 Å². The molecule has 0 aliphatic carbocycles. The van der Waals surface area contributed by atoms with Crippen LogP contribution in [0.5, 0.6) is 0 Å². The van der Waals surface area contributed by atoms with E-state index in [4.69, 9.17) is 0 Å². The molecule has 0 N–H and O–H groups in total. The summed E-state index contributed by atoms with van der Waals surface area (Å²) in [7, 11) is 0. The van der Waals surface area contributed by atoms with Gasteiger partial charge in [-0.3, -0.25) is 0 Å². The van der Waals surface area contributed by atoms with Gasteiger partial charge >= 0.3 is 0 Å². The van der Waals surface area contributed by atoms with Gasteiger partial charge < -0.3 is 0 Å². The molecule has 1 unspecified atom stereocenters. The Balaban J connectivity index is 2.55. The molecule has 1 rings (SSSR count). The number of carbonyl (C=O) groups excluding carboxylic acids is 1. The van der Waals surface area contributed by atoms with Crippen LogP contribution >= 0.6 is 0 Å². The van der Waals surface area contributed by atoms with Crippen molar-refractivity contribution >= 4 is 6.08 Å². The lowest BCUT2D eigenvalue weighted by Gasteiger charge is -2.09. The van der Waals surface area contributed by atoms with E-state index < -0.39 is 0 Å². The third kappa shape index (κ3) is 3.11. The molecule has 0 radical (unpaired) electrons. The molecule has 0 saturated heterocycles. The molecule has 1 atom stereocenters. The Morgan fingerprint density at radius 2 is 2.07 bits per heavy atom. The van der Waals surface area contributed by atoms with Gasteiger partial charge in [0.25, 0.3) is 0 Å². The second-order valence-corrected chi connectivity index (χ2v) is 3.21. The lowest BCUT2D eigenvalue weighted by molar-refractivity contribution is 0.561. The molecular weight excluding hydrogens is 181 g/mol. The van der Waals surface area contributed by atoms with Gasteiger partial charge in [-0.05, 0) is 30.0 Å². The van der Waals surface area contributed by atoms with Crippen molar-refractivity contribution in [1.82, 2.24) is 0 Å². The van der Waals surface area contributed by atoms with Crippen molar-refractivity contribution in [2.45, 2.75) is 19.3 Å². The quantitative estimate of drug-likeness (QED) is 0.534. The molecule has 14 heavy (non-hydrogen) atoms. The molecule has 0 heterocycles. The highest BCUT2D eigenvalue weighted by molar-refractivity contribution is 5.32. The summed E-state index contributed by atoms with van der Waals surface area (Å²) in [5.74, 6) is 0.0552. The summed E-state index contributed by atoms with van der Waals surface area (Å²) in [6.45, 7) is 2.50. The van der Waals surface area contributed by atoms with Gasteiger partial charge in [0.1, 0.15) is 5.82 Å². The third-order valence-corrected chi connectivity index (χ3v) is 2.18. The molecule has 0 saturated carbocycles. The summed E-state index contributed by atoms with van der Waals surface area (Å²) >= 11 is 0. The van der Waals surface area contributed by atoms with Crippen LogP contribution < -0.4 is 0 Å². The van der Waals surface area contributed by atoms with Gasteiger partial charge in [-0.25, -0.2) is 14.2 Å². The van der Waals surface area contributed by atoms with Crippen LogP contribution in [0.1, 0.15) is 24.8 Å². The van der Waals surface area contributed by atoms with Crippen LogP contribution in [0.15, 0.2) is 29.3 Å². The molecule has 0 aromatic heterocycles. The van der Waals surface area contributed by atoms with Gasteiger partial charge in [-0.2, -0.15) is 0 Å². The maximum atomic E-state index is 12.6. The Morgan fingerprint density at radius 1 is 1.43 bits per heavy atom. The van der Waals surface area contributed by atoms with Crippen LogP contribution in [-0.4, -0.2) is 12.6 Å². The number of nitrogens with zero attached hydrogens (tertiary/aromatic N) is 1. The summed E-state index contributed by atoms with van der Waals surface area (Å²) < 4.78 is 12.6. The number of isocyanates is 1. The lowest BCUT2D eigenvalue weighted by atomic mass is 9.98. The minimum absolute atomic E-state index is 0.230. The van der Waals surface area contributed by atoms with Crippen molar-refractivity contribution < 1.29 is 9.18 Å². The maximum Gasteiger partial charge on any atom is 0.234 e. The Kier molecular flexibility index (Phi) is 4.02. The largest absolute Gasteiger partial charge is 0.234 e. The molecule has 0 amide bonds. The molecule has 3 heteroatoms. The molecular formula is C11H12FNO. The molecule has 1 aromatic rings. The summed E-state index contributed by atoms with van der Waals surface area (Å²) in [6, 6.07) is 6.39. The van der Waals surface area contributed by atoms with E-state index >= 15 is 0 Å². The second-order valence-electron chi connectivity index (χ2n) is 3.21. The number of rotatable bonds is 4. The van der Waals surface area contributed by atoms with Crippen LogP contribution in [0.4, 0.5) is 4.39 Å². The van der Waals surface area contributed by atoms with Crippen LogP contribution in [0.2, 0.25) is 0 Å². The molecule has 0 aliphatic rings. The zero-order valence-electron chi connectivity index (χ0n) is 8.03. The Hall–Kier alpha value is -1.47. The normalized spacial score (nSPS) is 11.9. The van der Waals surface area contributed by atoms with E-state index in [9.17, 15) is 9.18 Å². The Labute approximate surface area is 82.5 Å².